The summed E-state index contributed by atoms with van der Waals surface area (Å²) in [5, 5.41) is 0. The molecule has 96 valence electrons. The Morgan fingerprint density at radius 2 is 1.88 bits per heavy atom. The van der Waals surface area contributed by atoms with E-state index in [0.717, 1.165) is 4.90 Å². The molecule has 0 saturated carbocycles. The first-order chi connectivity index (χ1) is 7.70. The molecule has 1 rings (SSSR count). The lowest BCUT2D eigenvalue weighted by Gasteiger charge is -2.19. The first kappa shape index (κ1) is 13.5. The summed E-state index contributed by atoms with van der Waals surface area (Å²) < 4.78 is 61.8. The van der Waals surface area contributed by atoms with Crippen LogP contribution in [0.3, 0.4) is 0 Å². The number of anilines is 2. The van der Waals surface area contributed by atoms with Crippen LogP contribution < -0.4 is 10.6 Å². The van der Waals surface area contributed by atoms with Gasteiger partial charge in [-0.25, -0.2) is 13.8 Å². The van der Waals surface area contributed by atoms with Gasteiger partial charge in [0.1, 0.15) is 0 Å². The molecule has 0 saturated heterocycles. The summed E-state index contributed by atoms with van der Waals surface area (Å²) in [7, 11) is 1.22. The van der Waals surface area contributed by atoms with E-state index in [4.69, 9.17) is 5.73 Å². The maximum Gasteiger partial charge on any atom is 0.390 e. The highest BCUT2D eigenvalue weighted by Gasteiger charge is 2.28. The average Bonchev–Trinajstić information content (AvgIpc) is 2.19. The highest BCUT2D eigenvalue weighted by atomic mass is 19.4. The van der Waals surface area contributed by atoms with Gasteiger partial charge in [-0.3, -0.25) is 0 Å². The molecular weight excluding hydrogens is 245 g/mol. The molecule has 0 unspecified atom stereocenters. The van der Waals surface area contributed by atoms with Crippen molar-refractivity contribution in [2.45, 2.75) is 12.6 Å². The maximum atomic E-state index is 13.2. The normalized spacial score (nSPS) is 11.6. The molecule has 0 fully saturated rings. The second-order valence-electron chi connectivity index (χ2n) is 3.45. The monoisotopic (exact) mass is 255 g/mol. The molecule has 0 radical (unpaired) electrons. The second-order valence-corrected chi connectivity index (χ2v) is 3.45. The van der Waals surface area contributed by atoms with Crippen LogP contribution in [0, 0.1) is 11.6 Å². The third-order valence-electron chi connectivity index (χ3n) is 2.03. The van der Waals surface area contributed by atoms with Crippen molar-refractivity contribution in [2.75, 3.05) is 24.2 Å². The fraction of sp³-hybridized carbons (Fsp3) is 0.444. The smallest absolute Gasteiger partial charge is 0.381 e. The number of rotatable bonds is 3. The van der Waals surface area contributed by atoms with Crippen molar-refractivity contribution in [3.8, 4) is 0 Å². The number of hydrogen-bond donors (Lipinski definition) is 1. The number of alkyl halides is 3. The van der Waals surface area contributed by atoms with Gasteiger partial charge in [-0.15, -0.1) is 0 Å². The molecule has 0 amide bonds. The Labute approximate surface area is 94.0 Å². The number of nitrogens with two attached hydrogens (primary N) is 1. The molecule has 0 spiro atoms. The summed E-state index contributed by atoms with van der Waals surface area (Å²) in [6.07, 6.45) is -5.47. The van der Waals surface area contributed by atoms with Crippen LogP contribution in [0.25, 0.3) is 0 Å². The van der Waals surface area contributed by atoms with Gasteiger partial charge in [0.05, 0.1) is 6.42 Å². The van der Waals surface area contributed by atoms with Crippen molar-refractivity contribution >= 4 is 11.6 Å². The minimum absolute atomic E-state index is 0.409. The summed E-state index contributed by atoms with van der Waals surface area (Å²) in [5.74, 6) is -3.06. The van der Waals surface area contributed by atoms with Gasteiger partial charge in [-0.05, 0) is 0 Å². The molecule has 0 aliphatic carbocycles. The molecule has 0 aliphatic rings. The zero-order valence-corrected chi connectivity index (χ0v) is 8.85. The highest BCUT2D eigenvalue weighted by molar-refractivity contribution is 5.46. The third-order valence-corrected chi connectivity index (χ3v) is 2.03. The Morgan fingerprint density at radius 1 is 1.29 bits per heavy atom. The van der Waals surface area contributed by atoms with E-state index in [2.05, 4.69) is 4.98 Å². The minimum atomic E-state index is -4.35. The lowest BCUT2D eigenvalue weighted by molar-refractivity contribution is -0.132. The first-order valence-electron chi connectivity index (χ1n) is 4.60. The van der Waals surface area contributed by atoms with Crippen LogP contribution in [-0.4, -0.2) is 24.8 Å². The van der Waals surface area contributed by atoms with E-state index in [1.165, 1.54) is 7.05 Å². The van der Waals surface area contributed by atoms with Crippen molar-refractivity contribution < 1.29 is 22.0 Å². The van der Waals surface area contributed by atoms with Crippen molar-refractivity contribution in [2.24, 2.45) is 0 Å². The number of pyridine rings is 1. The van der Waals surface area contributed by atoms with Crippen LogP contribution in [0.1, 0.15) is 6.42 Å². The van der Waals surface area contributed by atoms with E-state index in [1.54, 1.807) is 0 Å². The molecule has 8 heteroatoms. The Kier molecular flexibility index (Phi) is 3.74. The van der Waals surface area contributed by atoms with E-state index in [1.807, 2.05) is 0 Å². The van der Waals surface area contributed by atoms with Gasteiger partial charge in [0, 0.05) is 19.7 Å². The average molecular weight is 255 g/mol. The van der Waals surface area contributed by atoms with Gasteiger partial charge in [0.2, 0.25) is 0 Å². The largest absolute Gasteiger partial charge is 0.390 e. The van der Waals surface area contributed by atoms with Gasteiger partial charge >= 0.3 is 6.18 Å². The van der Waals surface area contributed by atoms with Gasteiger partial charge in [-0.2, -0.15) is 13.2 Å². The first-order valence-corrected chi connectivity index (χ1v) is 4.60. The van der Waals surface area contributed by atoms with Gasteiger partial charge < -0.3 is 10.6 Å². The zero-order valence-electron chi connectivity index (χ0n) is 8.85. The maximum absolute atomic E-state index is 13.2. The zero-order chi connectivity index (χ0) is 13.2. The second kappa shape index (κ2) is 4.72. The van der Waals surface area contributed by atoms with E-state index in [9.17, 15) is 22.0 Å². The van der Waals surface area contributed by atoms with Crippen molar-refractivity contribution in [3.05, 3.63) is 17.7 Å². The van der Waals surface area contributed by atoms with E-state index in [0.29, 0.717) is 6.07 Å². The molecular formula is C9H10F5N3. The third kappa shape index (κ3) is 3.72. The molecule has 3 nitrogen and oxygen atoms in total. The van der Waals surface area contributed by atoms with Crippen LogP contribution in [0.2, 0.25) is 0 Å². The molecule has 2 N–H and O–H groups in total. The van der Waals surface area contributed by atoms with Gasteiger partial charge in [0.15, 0.2) is 23.3 Å². The minimum Gasteiger partial charge on any atom is -0.381 e. The number of nitrogen functional groups attached to an aromatic ring is 1. The number of halogens is 5. The Morgan fingerprint density at radius 3 is 2.41 bits per heavy atom. The molecule has 0 atom stereocenters. The quantitative estimate of drug-likeness (QED) is 0.843. The van der Waals surface area contributed by atoms with Crippen molar-refractivity contribution in [1.29, 1.82) is 0 Å². The van der Waals surface area contributed by atoms with E-state index >= 15 is 0 Å². The molecule has 0 aromatic carbocycles. The molecule has 0 aliphatic heterocycles. The summed E-state index contributed by atoms with van der Waals surface area (Å²) in [6, 6.07) is 0.488. The van der Waals surface area contributed by atoms with Crippen LogP contribution in [0.5, 0.6) is 0 Å². The number of hydrogen-bond acceptors (Lipinski definition) is 3. The lowest BCUT2D eigenvalue weighted by Crippen LogP contribution is -2.26. The SMILES string of the molecule is CN(CCC(F)(F)F)c1nc(N)c(F)cc1F. The molecule has 1 aromatic rings. The molecule has 0 bridgehead atoms. The van der Waals surface area contributed by atoms with E-state index < -0.39 is 42.4 Å². The van der Waals surface area contributed by atoms with Gasteiger partial charge in [0.25, 0.3) is 0 Å². The van der Waals surface area contributed by atoms with Crippen LogP contribution in [0.15, 0.2) is 6.07 Å². The fourth-order valence-electron chi connectivity index (χ4n) is 1.14. The topological polar surface area (TPSA) is 42.2 Å². The summed E-state index contributed by atoms with van der Waals surface area (Å²) in [4.78, 5) is 4.29. The van der Waals surface area contributed by atoms with Crippen LogP contribution in [0.4, 0.5) is 33.6 Å². The Balaban J connectivity index is 2.82. The van der Waals surface area contributed by atoms with Crippen molar-refractivity contribution in [3.63, 3.8) is 0 Å². The molecule has 1 heterocycles. The van der Waals surface area contributed by atoms with Gasteiger partial charge in [-0.1, -0.05) is 0 Å². The predicted molar refractivity (Wildman–Crippen MR) is 52.5 cm³/mol. The molecule has 17 heavy (non-hydrogen) atoms. The fourth-order valence-corrected chi connectivity index (χ4v) is 1.14. The van der Waals surface area contributed by atoms with Crippen LogP contribution in [-0.2, 0) is 0 Å². The van der Waals surface area contributed by atoms with E-state index in [-0.39, 0.29) is 0 Å². The summed E-state index contributed by atoms with van der Waals surface area (Å²) in [5.41, 5.74) is 5.11. The Bertz CT molecular complexity index is 404. The number of nitrogens with zero attached hydrogens (tertiary/aromatic N) is 2. The van der Waals surface area contributed by atoms with Crippen molar-refractivity contribution in [1.82, 2.24) is 4.98 Å². The predicted octanol–water partition coefficient (Wildman–Crippen LogP) is 2.33. The summed E-state index contributed by atoms with van der Waals surface area (Å²) in [6.45, 7) is -0.488. The Hall–Kier alpha value is -1.60. The lowest BCUT2D eigenvalue weighted by atomic mass is 10.3. The number of aromatic nitrogens is 1. The molecule has 1 aromatic heterocycles. The summed E-state index contributed by atoms with van der Waals surface area (Å²) >= 11 is 0. The highest BCUT2D eigenvalue weighted by Crippen LogP contribution is 2.23. The van der Waals surface area contributed by atoms with Crippen LogP contribution >= 0.6 is 0 Å². The standard InChI is InChI=1S/C9H10F5N3/c1-17(3-2-9(12,13)14)8-6(11)4-5(10)7(15)16-8/h4H,2-3H2,1H3,(H2,15,16).